The lowest BCUT2D eigenvalue weighted by Crippen LogP contribution is -2.04. The molecule has 2 aromatic rings. The summed E-state index contributed by atoms with van der Waals surface area (Å²) in [5.41, 5.74) is 11.3. The van der Waals surface area contributed by atoms with E-state index in [0.29, 0.717) is 18.3 Å². The lowest BCUT2D eigenvalue weighted by atomic mass is 10.0. The van der Waals surface area contributed by atoms with Crippen molar-refractivity contribution in [3.63, 3.8) is 0 Å². The minimum absolute atomic E-state index is 0.617. The Labute approximate surface area is 197 Å². The summed E-state index contributed by atoms with van der Waals surface area (Å²) in [4.78, 5) is 9.23. The maximum atomic E-state index is 7.00. The molecule has 0 atom stereocenters. The van der Waals surface area contributed by atoms with Crippen LogP contribution in [0.5, 0.6) is 5.88 Å². The molecule has 0 bridgehead atoms. The quantitative estimate of drug-likeness (QED) is 0.487. The van der Waals surface area contributed by atoms with Crippen LogP contribution in [0.1, 0.15) is 85.1 Å². The van der Waals surface area contributed by atoms with Crippen molar-refractivity contribution in [1.82, 2.24) is 9.97 Å². The standard InChI is InChI=1S/C18H25N3O.C3H8.C3H4.C2H6.CH4O/c1-5-8-13-11-12(4)17(21-18(13)19)14-9-10-16(22-7-3)20-15(14)6-2;2*1-3-2;2*1-2/h9-11H,5-8H2,1-4H3,(H2,19,21);3H2,1-2H3;1H,2H3;1-2H3;2H,1H3. The number of aliphatic hydroxyl groups excluding tert-OH is 1. The third-order valence-corrected chi connectivity index (χ3v) is 3.68. The predicted octanol–water partition coefficient (Wildman–Crippen LogP) is 6.64. The second-order valence-electron chi connectivity index (χ2n) is 6.37. The molecule has 0 amide bonds. The molecule has 0 radical (unpaired) electrons. The molecule has 0 aromatic carbocycles. The van der Waals surface area contributed by atoms with Gasteiger partial charge in [-0.25, -0.2) is 9.97 Å². The molecule has 5 heteroatoms. The lowest BCUT2D eigenvalue weighted by Gasteiger charge is -2.14. The Kier molecular flexibility index (Phi) is 24.6. The molecule has 0 aliphatic heterocycles. The summed E-state index contributed by atoms with van der Waals surface area (Å²) in [5, 5.41) is 7.00. The van der Waals surface area contributed by atoms with Crippen LogP contribution in [0.3, 0.4) is 0 Å². The molecule has 0 fully saturated rings. The van der Waals surface area contributed by atoms with Crippen LogP contribution in [0.4, 0.5) is 5.82 Å². The largest absolute Gasteiger partial charge is 0.478 e. The Morgan fingerprint density at radius 3 is 2.03 bits per heavy atom. The molecule has 0 spiro atoms. The first kappa shape index (κ1) is 34.0. The molecular weight excluding hydrogens is 398 g/mol. The van der Waals surface area contributed by atoms with E-state index in [1.807, 2.05) is 32.9 Å². The molecule has 0 aliphatic carbocycles. The van der Waals surface area contributed by atoms with E-state index >= 15 is 0 Å². The molecule has 0 aliphatic rings. The first-order valence-corrected chi connectivity index (χ1v) is 11.6. The molecule has 0 unspecified atom stereocenters. The third kappa shape index (κ3) is 13.0. The highest BCUT2D eigenvalue weighted by Gasteiger charge is 2.13. The second-order valence-corrected chi connectivity index (χ2v) is 6.37. The van der Waals surface area contributed by atoms with Crippen LogP contribution >= 0.6 is 0 Å². The Morgan fingerprint density at radius 2 is 1.59 bits per heavy atom. The first-order valence-electron chi connectivity index (χ1n) is 11.6. The number of nitrogens with zero attached hydrogens (tertiary/aromatic N) is 2. The van der Waals surface area contributed by atoms with Gasteiger partial charge in [0.25, 0.3) is 0 Å². The van der Waals surface area contributed by atoms with Gasteiger partial charge in [0.2, 0.25) is 5.88 Å². The summed E-state index contributed by atoms with van der Waals surface area (Å²) in [5.74, 6) is 3.54. The Hall–Kier alpha value is -2.58. The zero-order valence-electron chi connectivity index (χ0n) is 22.2. The zero-order valence-corrected chi connectivity index (χ0v) is 22.2. The zero-order chi connectivity index (χ0) is 25.5. The molecule has 5 nitrogen and oxygen atoms in total. The highest BCUT2D eigenvalue weighted by atomic mass is 16.5. The van der Waals surface area contributed by atoms with Crippen molar-refractivity contribution in [1.29, 1.82) is 0 Å². The molecule has 0 saturated heterocycles. The fourth-order valence-electron chi connectivity index (χ4n) is 2.62. The smallest absolute Gasteiger partial charge is 0.213 e. The monoisotopic (exact) mass is 445 g/mol. The fourth-order valence-corrected chi connectivity index (χ4v) is 2.62. The molecule has 2 rings (SSSR count). The lowest BCUT2D eigenvalue weighted by molar-refractivity contribution is 0.326. The number of rotatable bonds is 6. The van der Waals surface area contributed by atoms with Crippen molar-refractivity contribution in [2.24, 2.45) is 0 Å². The second kappa shape index (κ2) is 23.1. The number of hydrogen-bond acceptors (Lipinski definition) is 5. The minimum atomic E-state index is 0.617. The summed E-state index contributed by atoms with van der Waals surface area (Å²) in [7, 11) is 1.00. The van der Waals surface area contributed by atoms with Gasteiger partial charge in [-0.1, -0.05) is 60.5 Å². The number of hydrogen-bond donors (Lipinski definition) is 2. The highest BCUT2D eigenvalue weighted by molar-refractivity contribution is 5.68. The third-order valence-electron chi connectivity index (χ3n) is 3.68. The van der Waals surface area contributed by atoms with Crippen molar-refractivity contribution in [2.45, 2.75) is 88.0 Å². The molecule has 32 heavy (non-hydrogen) atoms. The normalized spacial score (nSPS) is 8.56. The summed E-state index contributed by atoms with van der Waals surface area (Å²) in [6.07, 6.45) is 8.70. The Balaban J connectivity index is -0.000000726. The van der Waals surface area contributed by atoms with Crippen LogP contribution < -0.4 is 10.5 Å². The van der Waals surface area contributed by atoms with E-state index in [4.69, 9.17) is 15.6 Å². The van der Waals surface area contributed by atoms with E-state index in [0.717, 1.165) is 54.5 Å². The molecule has 3 N–H and O–H groups in total. The fraction of sp³-hybridized carbons (Fsp3) is 0.556. The molecular formula is C27H47N3O2. The number of nitrogen functional groups attached to an aromatic ring is 1. The van der Waals surface area contributed by atoms with Gasteiger partial charge in [0.05, 0.1) is 18.0 Å². The van der Waals surface area contributed by atoms with Crippen LogP contribution in [0.15, 0.2) is 18.2 Å². The average molecular weight is 446 g/mol. The Bertz CT molecular complexity index is 753. The Morgan fingerprint density at radius 1 is 1.06 bits per heavy atom. The summed E-state index contributed by atoms with van der Waals surface area (Å²) in [6, 6.07) is 6.08. The number of terminal acetylenes is 1. The summed E-state index contributed by atoms with van der Waals surface area (Å²) < 4.78 is 5.49. The van der Waals surface area contributed by atoms with Crippen molar-refractivity contribution in [3.05, 3.63) is 35.0 Å². The van der Waals surface area contributed by atoms with E-state index < -0.39 is 0 Å². The van der Waals surface area contributed by atoms with Gasteiger partial charge in [0.15, 0.2) is 0 Å². The van der Waals surface area contributed by atoms with Crippen molar-refractivity contribution >= 4 is 5.82 Å². The number of aliphatic hydroxyl groups is 1. The molecule has 0 saturated carbocycles. The van der Waals surface area contributed by atoms with Gasteiger partial charge >= 0.3 is 0 Å². The number of nitrogens with two attached hydrogens (primary N) is 1. The highest BCUT2D eigenvalue weighted by Crippen LogP contribution is 2.29. The van der Waals surface area contributed by atoms with Gasteiger partial charge in [0.1, 0.15) is 5.82 Å². The first-order chi connectivity index (χ1) is 15.4. The van der Waals surface area contributed by atoms with Crippen LogP contribution in [-0.2, 0) is 12.8 Å². The van der Waals surface area contributed by atoms with Gasteiger partial charge in [-0.3, -0.25) is 0 Å². The average Bonchev–Trinajstić information content (AvgIpc) is 2.80. The number of pyridine rings is 2. The maximum absolute atomic E-state index is 7.00. The van der Waals surface area contributed by atoms with E-state index in [1.54, 1.807) is 6.92 Å². The molecule has 2 heterocycles. The van der Waals surface area contributed by atoms with E-state index in [9.17, 15) is 0 Å². The van der Waals surface area contributed by atoms with Crippen LogP contribution in [0.2, 0.25) is 0 Å². The molecule has 2 aromatic heterocycles. The number of aromatic nitrogens is 2. The van der Waals surface area contributed by atoms with Gasteiger partial charge in [-0.2, -0.15) is 0 Å². The topological polar surface area (TPSA) is 81.3 Å². The van der Waals surface area contributed by atoms with E-state index in [-0.39, 0.29) is 0 Å². The number of aryl methyl sites for hydroxylation is 3. The van der Waals surface area contributed by atoms with Gasteiger partial charge in [-0.05, 0) is 50.8 Å². The van der Waals surface area contributed by atoms with Gasteiger partial charge < -0.3 is 15.6 Å². The van der Waals surface area contributed by atoms with Crippen LogP contribution in [0.25, 0.3) is 11.3 Å². The van der Waals surface area contributed by atoms with E-state index in [1.165, 1.54) is 6.42 Å². The van der Waals surface area contributed by atoms with Crippen LogP contribution in [-0.4, -0.2) is 28.8 Å². The SMILES string of the molecule is C#CC.CC.CCC.CCCc1cc(C)c(-c2ccc(OCC)nc2CC)nc1N.CO. The van der Waals surface area contributed by atoms with Crippen molar-refractivity contribution < 1.29 is 9.84 Å². The van der Waals surface area contributed by atoms with Gasteiger partial charge in [0, 0.05) is 18.7 Å². The summed E-state index contributed by atoms with van der Waals surface area (Å²) in [6.45, 7) is 18.8. The molecule has 182 valence electrons. The summed E-state index contributed by atoms with van der Waals surface area (Å²) >= 11 is 0. The minimum Gasteiger partial charge on any atom is -0.478 e. The number of anilines is 1. The maximum Gasteiger partial charge on any atom is 0.213 e. The predicted molar refractivity (Wildman–Crippen MR) is 141 cm³/mol. The number of ether oxygens (including phenoxy) is 1. The van der Waals surface area contributed by atoms with Gasteiger partial charge in [-0.15, -0.1) is 12.3 Å². The van der Waals surface area contributed by atoms with Crippen LogP contribution in [0, 0.1) is 19.3 Å². The van der Waals surface area contributed by atoms with Crippen molar-refractivity contribution in [2.75, 3.05) is 19.5 Å². The van der Waals surface area contributed by atoms with E-state index in [2.05, 4.69) is 63.0 Å². The van der Waals surface area contributed by atoms with Crippen molar-refractivity contribution in [3.8, 4) is 29.5 Å².